The van der Waals surface area contributed by atoms with Crippen molar-refractivity contribution in [1.82, 2.24) is 0 Å². The third kappa shape index (κ3) is 4.09. The first-order valence-electron chi connectivity index (χ1n) is 8.02. The van der Waals surface area contributed by atoms with E-state index in [9.17, 15) is 9.90 Å². The van der Waals surface area contributed by atoms with Gasteiger partial charge in [-0.3, -0.25) is 0 Å². The Bertz CT molecular complexity index is 394. The number of carboxylic acids is 1. The van der Waals surface area contributed by atoms with Crippen LogP contribution in [-0.2, 0) is 4.79 Å². The van der Waals surface area contributed by atoms with Gasteiger partial charge in [-0.2, -0.15) is 0 Å². The highest BCUT2D eigenvalue weighted by molar-refractivity contribution is 5.76. The standard InChI is InChI=1S/C18H35NO2/c1-10-16(3,4)13-12-14-18(7,11-2)19(8,9)17(5,6)15(20)21/h12,14H,10-11,13H2,1-9H3/p+1. The third-order valence-electron chi connectivity index (χ3n) is 6.02. The highest BCUT2D eigenvalue weighted by Gasteiger charge is 2.52. The van der Waals surface area contributed by atoms with E-state index in [0.717, 1.165) is 19.3 Å². The molecule has 0 radical (unpaired) electrons. The van der Waals surface area contributed by atoms with Crippen molar-refractivity contribution in [2.75, 3.05) is 14.1 Å². The molecule has 0 aliphatic heterocycles. The fourth-order valence-corrected chi connectivity index (χ4v) is 2.35. The second kappa shape index (κ2) is 6.51. The molecule has 0 saturated carbocycles. The molecular formula is C18H36NO2+. The first-order chi connectivity index (χ1) is 9.27. The lowest BCUT2D eigenvalue weighted by atomic mass is 9.83. The molecule has 0 amide bonds. The van der Waals surface area contributed by atoms with Crippen LogP contribution in [0.5, 0.6) is 0 Å². The monoisotopic (exact) mass is 298 g/mol. The van der Waals surface area contributed by atoms with Crippen molar-refractivity contribution < 1.29 is 14.4 Å². The molecule has 0 fully saturated rings. The quantitative estimate of drug-likeness (QED) is 0.530. The fourth-order valence-electron chi connectivity index (χ4n) is 2.35. The summed E-state index contributed by atoms with van der Waals surface area (Å²) < 4.78 is 0.425. The van der Waals surface area contributed by atoms with E-state index in [2.05, 4.69) is 46.8 Å². The maximum Gasteiger partial charge on any atom is 0.365 e. The minimum absolute atomic E-state index is 0.203. The van der Waals surface area contributed by atoms with Gasteiger partial charge in [-0.05, 0) is 24.8 Å². The van der Waals surface area contributed by atoms with E-state index in [4.69, 9.17) is 0 Å². The Kier molecular flexibility index (Phi) is 6.26. The molecule has 0 aliphatic rings. The van der Waals surface area contributed by atoms with Gasteiger partial charge in [0.15, 0.2) is 5.54 Å². The molecule has 0 aromatic carbocycles. The highest BCUT2D eigenvalue weighted by Crippen LogP contribution is 2.36. The van der Waals surface area contributed by atoms with E-state index in [1.807, 2.05) is 27.9 Å². The van der Waals surface area contributed by atoms with Crippen molar-refractivity contribution in [3.05, 3.63) is 12.2 Å². The molecule has 0 heterocycles. The normalized spacial score (nSPS) is 17.0. The largest absolute Gasteiger partial charge is 0.477 e. The van der Waals surface area contributed by atoms with Gasteiger partial charge in [0.25, 0.3) is 0 Å². The second-order valence-electron chi connectivity index (χ2n) is 8.15. The Morgan fingerprint density at radius 3 is 1.86 bits per heavy atom. The van der Waals surface area contributed by atoms with Crippen LogP contribution in [0.1, 0.15) is 67.7 Å². The average Bonchev–Trinajstić information content (AvgIpc) is 2.37. The van der Waals surface area contributed by atoms with Crippen molar-refractivity contribution in [2.45, 2.75) is 78.8 Å². The van der Waals surface area contributed by atoms with Crippen LogP contribution in [0.2, 0.25) is 0 Å². The van der Waals surface area contributed by atoms with Gasteiger partial charge in [-0.1, -0.05) is 40.2 Å². The topological polar surface area (TPSA) is 37.3 Å². The number of quaternary nitrogens is 1. The van der Waals surface area contributed by atoms with Gasteiger partial charge in [-0.15, -0.1) is 0 Å². The number of allylic oxidation sites excluding steroid dienone is 1. The van der Waals surface area contributed by atoms with Crippen LogP contribution < -0.4 is 0 Å². The van der Waals surface area contributed by atoms with E-state index < -0.39 is 11.5 Å². The number of carboxylic acid groups (broad SMARTS) is 1. The Morgan fingerprint density at radius 2 is 1.52 bits per heavy atom. The van der Waals surface area contributed by atoms with Crippen molar-refractivity contribution in [2.24, 2.45) is 5.41 Å². The molecule has 1 unspecified atom stereocenters. The Hall–Kier alpha value is -0.830. The summed E-state index contributed by atoms with van der Waals surface area (Å²) in [4.78, 5) is 11.7. The molecule has 0 saturated heterocycles. The number of likely N-dealkylation sites (N-methyl/N-ethyl adjacent to an activating group) is 1. The second-order valence-corrected chi connectivity index (χ2v) is 8.15. The lowest BCUT2D eigenvalue weighted by Gasteiger charge is -2.52. The number of carbonyl (C=O) groups is 1. The van der Waals surface area contributed by atoms with Gasteiger partial charge < -0.3 is 9.59 Å². The van der Waals surface area contributed by atoms with Crippen LogP contribution in [0, 0.1) is 5.41 Å². The molecule has 0 spiro atoms. The highest BCUT2D eigenvalue weighted by atomic mass is 16.4. The minimum Gasteiger partial charge on any atom is -0.477 e. The Balaban J connectivity index is 5.46. The van der Waals surface area contributed by atoms with Crippen LogP contribution >= 0.6 is 0 Å². The Labute approximate surface area is 131 Å². The molecule has 0 aliphatic carbocycles. The summed E-state index contributed by atoms with van der Waals surface area (Å²) >= 11 is 0. The summed E-state index contributed by atoms with van der Waals surface area (Å²) in [5.41, 5.74) is -0.744. The number of hydrogen-bond donors (Lipinski definition) is 1. The zero-order valence-corrected chi connectivity index (χ0v) is 15.6. The van der Waals surface area contributed by atoms with Gasteiger partial charge in [0, 0.05) is 20.3 Å². The lowest BCUT2D eigenvalue weighted by molar-refractivity contribution is -0.967. The summed E-state index contributed by atoms with van der Waals surface area (Å²) in [5, 5.41) is 9.59. The van der Waals surface area contributed by atoms with Crippen molar-refractivity contribution in [3.63, 3.8) is 0 Å². The summed E-state index contributed by atoms with van der Waals surface area (Å²) in [7, 11) is 4.04. The first kappa shape index (κ1) is 20.2. The van der Waals surface area contributed by atoms with Gasteiger partial charge in [0.1, 0.15) is 5.54 Å². The van der Waals surface area contributed by atoms with Crippen molar-refractivity contribution >= 4 is 5.97 Å². The van der Waals surface area contributed by atoms with Crippen LogP contribution in [-0.4, -0.2) is 40.7 Å². The molecule has 0 aromatic heterocycles. The van der Waals surface area contributed by atoms with E-state index in [1.54, 1.807) is 0 Å². The van der Waals surface area contributed by atoms with Gasteiger partial charge in [-0.25, -0.2) is 4.79 Å². The lowest BCUT2D eigenvalue weighted by Crippen LogP contribution is -2.69. The predicted octanol–water partition coefficient (Wildman–Crippen LogP) is 4.48. The van der Waals surface area contributed by atoms with Crippen molar-refractivity contribution in [1.29, 1.82) is 0 Å². The minimum atomic E-state index is -0.838. The van der Waals surface area contributed by atoms with Crippen LogP contribution in [0.15, 0.2) is 12.2 Å². The fraction of sp³-hybridized carbons (Fsp3) is 0.833. The zero-order chi connectivity index (χ0) is 17.1. The first-order valence-corrected chi connectivity index (χ1v) is 8.02. The summed E-state index contributed by atoms with van der Waals surface area (Å²) in [6.07, 6.45) is 7.53. The van der Waals surface area contributed by atoms with E-state index >= 15 is 0 Å². The summed E-state index contributed by atoms with van der Waals surface area (Å²) in [6.45, 7) is 14.7. The Morgan fingerprint density at radius 1 is 1.05 bits per heavy atom. The predicted molar refractivity (Wildman–Crippen MR) is 90.3 cm³/mol. The number of hydrogen-bond acceptors (Lipinski definition) is 1. The van der Waals surface area contributed by atoms with Gasteiger partial charge in [0.05, 0.1) is 14.1 Å². The zero-order valence-electron chi connectivity index (χ0n) is 15.6. The third-order valence-corrected chi connectivity index (χ3v) is 6.02. The maximum atomic E-state index is 11.7. The van der Waals surface area contributed by atoms with Gasteiger partial charge in [0.2, 0.25) is 0 Å². The molecule has 3 heteroatoms. The average molecular weight is 298 g/mol. The molecule has 124 valence electrons. The van der Waals surface area contributed by atoms with E-state index in [-0.39, 0.29) is 5.54 Å². The molecular weight excluding hydrogens is 262 g/mol. The maximum absolute atomic E-state index is 11.7. The molecule has 3 nitrogen and oxygen atoms in total. The van der Waals surface area contributed by atoms with Crippen LogP contribution in [0.25, 0.3) is 0 Å². The SMILES string of the molecule is CCC(C)(C)CC=CC(C)(CC)[N+](C)(C)C(C)(C)C(=O)O. The van der Waals surface area contributed by atoms with Crippen LogP contribution in [0.3, 0.4) is 0 Å². The number of rotatable bonds is 8. The summed E-state index contributed by atoms with van der Waals surface area (Å²) in [6, 6.07) is 0. The van der Waals surface area contributed by atoms with Crippen LogP contribution in [0.4, 0.5) is 0 Å². The molecule has 0 rings (SSSR count). The molecule has 0 aromatic rings. The summed E-state index contributed by atoms with van der Waals surface area (Å²) in [5.74, 6) is -0.755. The molecule has 21 heavy (non-hydrogen) atoms. The number of aliphatic carboxylic acids is 1. The van der Waals surface area contributed by atoms with E-state index in [0.29, 0.717) is 9.90 Å². The van der Waals surface area contributed by atoms with Crippen molar-refractivity contribution in [3.8, 4) is 0 Å². The van der Waals surface area contributed by atoms with Gasteiger partial charge >= 0.3 is 5.97 Å². The van der Waals surface area contributed by atoms with E-state index in [1.165, 1.54) is 0 Å². The number of nitrogens with zero attached hydrogens (tertiary/aromatic N) is 1. The molecule has 1 N–H and O–H groups in total. The molecule has 1 atom stereocenters. The molecule has 0 bridgehead atoms. The smallest absolute Gasteiger partial charge is 0.365 e.